The third-order valence-electron chi connectivity index (χ3n) is 3.93. The van der Waals surface area contributed by atoms with Crippen molar-refractivity contribution in [3.63, 3.8) is 0 Å². The zero-order valence-electron chi connectivity index (χ0n) is 11.0. The highest BCUT2D eigenvalue weighted by atomic mass is 35.5. The van der Waals surface area contributed by atoms with Crippen LogP contribution in [0.4, 0.5) is 0 Å². The molecule has 1 aromatic carbocycles. The van der Waals surface area contributed by atoms with E-state index in [-0.39, 0.29) is 0 Å². The van der Waals surface area contributed by atoms with E-state index in [2.05, 4.69) is 43.9 Å². The van der Waals surface area contributed by atoms with Crippen molar-refractivity contribution in [1.29, 1.82) is 0 Å². The lowest BCUT2D eigenvalue weighted by Crippen LogP contribution is -2.39. The SMILES string of the molecule is Cc1ccc(CN2CCC(C)C(Cl)C2)cc1C. The van der Waals surface area contributed by atoms with Crippen molar-refractivity contribution in [3.05, 3.63) is 34.9 Å². The third-order valence-corrected chi connectivity index (χ3v) is 4.50. The molecule has 17 heavy (non-hydrogen) atoms. The Hall–Kier alpha value is -0.530. The predicted octanol–water partition coefficient (Wildman–Crippen LogP) is 3.75. The van der Waals surface area contributed by atoms with Gasteiger partial charge < -0.3 is 0 Å². The maximum Gasteiger partial charge on any atom is 0.0489 e. The molecule has 94 valence electrons. The van der Waals surface area contributed by atoms with Gasteiger partial charge in [-0.1, -0.05) is 25.1 Å². The summed E-state index contributed by atoms with van der Waals surface area (Å²) in [6.07, 6.45) is 1.22. The standard InChI is InChI=1S/C15H22ClN/c1-11-4-5-14(8-13(11)3)9-17-7-6-12(2)15(16)10-17/h4-5,8,12,15H,6-7,9-10H2,1-3H3. The topological polar surface area (TPSA) is 3.24 Å². The summed E-state index contributed by atoms with van der Waals surface area (Å²) >= 11 is 6.34. The molecule has 1 heterocycles. The monoisotopic (exact) mass is 251 g/mol. The minimum absolute atomic E-state index is 0.315. The van der Waals surface area contributed by atoms with E-state index in [4.69, 9.17) is 11.6 Å². The Morgan fingerprint density at radius 3 is 2.71 bits per heavy atom. The second kappa shape index (κ2) is 5.41. The van der Waals surface area contributed by atoms with Crippen LogP contribution in [0, 0.1) is 19.8 Å². The number of alkyl halides is 1. The molecule has 2 unspecified atom stereocenters. The number of aryl methyl sites for hydroxylation is 2. The van der Waals surface area contributed by atoms with E-state index < -0.39 is 0 Å². The number of piperidine rings is 1. The average molecular weight is 252 g/mol. The van der Waals surface area contributed by atoms with Crippen molar-refractivity contribution in [2.75, 3.05) is 13.1 Å². The summed E-state index contributed by atoms with van der Waals surface area (Å²) in [6, 6.07) is 6.76. The molecule has 0 aromatic heterocycles. The minimum atomic E-state index is 0.315. The summed E-state index contributed by atoms with van der Waals surface area (Å²) in [6.45, 7) is 9.84. The van der Waals surface area contributed by atoms with Crippen LogP contribution in [-0.2, 0) is 6.54 Å². The molecule has 1 aliphatic heterocycles. The Morgan fingerprint density at radius 2 is 2.06 bits per heavy atom. The molecule has 2 atom stereocenters. The number of nitrogens with zero attached hydrogens (tertiary/aromatic N) is 1. The molecule has 1 aromatic rings. The summed E-state index contributed by atoms with van der Waals surface area (Å²) in [7, 11) is 0. The first-order chi connectivity index (χ1) is 8.06. The molecule has 1 saturated heterocycles. The molecule has 1 aliphatic rings. The Labute approximate surface area is 110 Å². The Bertz CT molecular complexity index is 389. The van der Waals surface area contributed by atoms with Gasteiger partial charge in [-0.2, -0.15) is 0 Å². The van der Waals surface area contributed by atoms with Gasteiger partial charge in [0.25, 0.3) is 0 Å². The molecule has 0 radical (unpaired) electrons. The molecule has 2 heteroatoms. The van der Waals surface area contributed by atoms with Crippen LogP contribution < -0.4 is 0 Å². The summed E-state index contributed by atoms with van der Waals surface area (Å²) in [4.78, 5) is 2.47. The second-order valence-corrected chi connectivity index (χ2v) is 6.00. The van der Waals surface area contributed by atoms with Gasteiger partial charge in [0.15, 0.2) is 0 Å². The van der Waals surface area contributed by atoms with E-state index in [1.807, 2.05) is 0 Å². The van der Waals surface area contributed by atoms with Crippen molar-refractivity contribution in [1.82, 2.24) is 4.90 Å². The summed E-state index contributed by atoms with van der Waals surface area (Å²) in [5.41, 5.74) is 4.16. The minimum Gasteiger partial charge on any atom is -0.298 e. The Morgan fingerprint density at radius 1 is 1.29 bits per heavy atom. The summed E-state index contributed by atoms with van der Waals surface area (Å²) in [5, 5.41) is 0.315. The van der Waals surface area contributed by atoms with E-state index in [1.54, 1.807) is 0 Å². The molecule has 0 aliphatic carbocycles. The molecule has 2 rings (SSSR count). The van der Waals surface area contributed by atoms with E-state index in [0.29, 0.717) is 11.3 Å². The lowest BCUT2D eigenvalue weighted by atomic mass is 9.98. The van der Waals surface area contributed by atoms with Gasteiger partial charge in [-0.3, -0.25) is 4.90 Å². The number of rotatable bonds is 2. The smallest absolute Gasteiger partial charge is 0.0489 e. The maximum absolute atomic E-state index is 6.34. The molecule has 0 amide bonds. The van der Waals surface area contributed by atoms with Crippen molar-refractivity contribution < 1.29 is 0 Å². The molecule has 0 saturated carbocycles. The lowest BCUT2D eigenvalue weighted by molar-refractivity contribution is 0.189. The van der Waals surface area contributed by atoms with Gasteiger partial charge in [-0.15, -0.1) is 11.6 Å². The van der Waals surface area contributed by atoms with Gasteiger partial charge in [-0.25, -0.2) is 0 Å². The highest BCUT2D eigenvalue weighted by Gasteiger charge is 2.24. The quantitative estimate of drug-likeness (QED) is 0.724. The van der Waals surface area contributed by atoms with Gasteiger partial charge >= 0.3 is 0 Å². The van der Waals surface area contributed by atoms with E-state index in [1.165, 1.54) is 29.7 Å². The van der Waals surface area contributed by atoms with Gasteiger partial charge in [-0.05, 0) is 49.4 Å². The first-order valence-corrected chi connectivity index (χ1v) is 6.92. The lowest BCUT2D eigenvalue weighted by Gasteiger charge is -2.34. The van der Waals surface area contributed by atoms with Crippen LogP contribution in [0.3, 0.4) is 0 Å². The van der Waals surface area contributed by atoms with Crippen LogP contribution in [0.1, 0.15) is 30.0 Å². The molecule has 0 bridgehead atoms. The van der Waals surface area contributed by atoms with Crippen LogP contribution in [0.2, 0.25) is 0 Å². The maximum atomic E-state index is 6.34. The Balaban J connectivity index is 1.99. The van der Waals surface area contributed by atoms with Gasteiger partial charge in [0, 0.05) is 18.5 Å². The normalized spacial score (nSPS) is 26.1. The van der Waals surface area contributed by atoms with Crippen LogP contribution in [-0.4, -0.2) is 23.4 Å². The third kappa shape index (κ3) is 3.23. The van der Waals surface area contributed by atoms with Gasteiger partial charge in [0.2, 0.25) is 0 Å². The van der Waals surface area contributed by atoms with Crippen molar-refractivity contribution in [2.24, 2.45) is 5.92 Å². The van der Waals surface area contributed by atoms with E-state index in [9.17, 15) is 0 Å². The number of benzene rings is 1. The zero-order chi connectivity index (χ0) is 12.4. The molecule has 1 nitrogen and oxygen atoms in total. The number of hydrogen-bond acceptors (Lipinski definition) is 1. The van der Waals surface area contributed by atoms with Gasteiger partial charge in [0.1, 0.15) is 0 Å². The van der Waals surface area contributed by atoms with Gasteiger partial charge in [0.05, 0.1) is 0 Å². The second-order valence-electron chi connectivity index (χ2n) is 5.44. The van der Waals surface area contributed by atoms with Crippen LogP contribution in [0.5, 0.6) is 0 Å². The molecular weight excluding hydrogens is 230 g/mol. The largest absolute Gasteiger partial charge is 0.298 e. The first kappa shape index (κ1) is 12.9. The van der Waals surface area contributed by atoms with Crippen molar-refractivity contribution >= 4 is 11.6 Å². The number of halogens is 1. The number of hydrogen-bond donors (Lipinski definition) is 0. The fourth-order valence-electron chi connectivity index (χ4n) is 2.39. The molecule has 0 N–H and O–H groups in total. The van der Waals surface area contributed by atoms with Crippen LogP contribution in [0.25, 0.3) is 0 Å². The fraction of sp³-hybridized carbons (Fsp3) is 0.600. The highest BCUT2D eigenvalue weighted by molar-refractivity contribution is 6.21. The highest BCUT2D eigenvalue weighted by Crippen LogP contribution is 2.23. The molecule has 1 fully saturated rings. The summed E-state index contributed by atoms with van der Waals surface area (Å²) in [5.74, 6) is 0.660. The van der Waals surface area contributed by atoms with Crippen LogP contribution >= 0.6 is 11.6 Å². The first-order valence-electron chi connectivity index (χ1n) is 6.49. The summed E-state index contributed by atoms with van der Waals surface area (Å²) < 4.78 is 0. The molecule has 0 spiro atoms. The molecular formula is C15H22ClN. The van der Waals surface area contributed by atoms with E-state index >= 15 is 0 Å². The Kier molecular flexibility index (Phi) is 4.11. The zero-order valence-corrected chi connectivity index (χ0v) is 11.8. The van der Waals surface area contributed by atoms with Crippen molar-refractivity contribution in [2.45, 2.75) is 39.1 Å². The van der Waals surface area contributed by atoms with Crippen molar-refractivity contribution in [3.8, 4) is 0 Å². The fourth-order valence-corrected chi connectivity index (χ4v) is 2.71. The predicted molar refractivity (Wildman–Crippen MR) is 74.6 cm³/mol. The van der Waals surface area contributed by atoms with Crippen LogP contribution in [0.15, 0.2) is 18.2 Å². The number of likely N-dealkylation sites (tertiary alicyclic amines) is 1. The average Bonchev–Trinajstić information content (AvgIpc) is 2.29. The van der Waals surface area contributed by atoms with E-state index in [0.717, 1.165) is 13.1 Å².